The second-order valence-corrected chi connectivity index (χ2v) is 4.95. The van der Waals surface area contributed by atoms with Gasteiger partial charge in [0.2, 0.25) is 12.5 Å². The molecule has 0 radical (unpaired) electrons. The Morgan fingerprint density at radius 3 is 2.87 bits per heavy atom. The molecule has 1 aromatic carbocycles. The molecule has 23 heavy (non-hydrogen) atoms. The number of rotatable bonds is 4. The number of fused-ring (bicyclic) bond motifs is 1. The fourth-order valence-electron chi connectivity index (χ4n) is 2.28. The van der Waals surface area contributed by atoms with E-state index in [1.807, 2.05) is 18.2 Å². The third-order valence-corrected chi connectivity index (χ3v) is 3.41. The zero-order chi connectivity index (χ0) is 16.4. The highest BCUT2D eigenvalue weighted by atomic mass is 16.7. The molecule has 1 aliphatic heterocycles. The lowest BCUT2D eigenvalue weighted by molar-refractivity contribution is -0.385. The summed E-state index contributed by atoms with van der Waals surface area (Å²) in [5.74, 6) is 1.87. The van der Waals surface area contributed by atoms with Gasteiger partial charge in [0.05, 0.1) is 4.92 Å². The smallest absolute Gasteiger partial charge is 0.305 e. The van der Waals surface area contributed by atoms with Crippen LogP contribution in [-0.2, 0) is 6.54 Å². The van der Waals surface area contributed by atoms with E-state index < -0.39 is 4.92 Å². The first-order chi connectivity index (χ1) is 11.1. The van der Waals surface area contributed by atoms with Crippen LogP contribution in [0.2, 0.25) is 0 Å². The zero-order valence-electron chi connectivity index (χ0n) is 12.2. The molecule has 8 heteroatoms. The highest BCUT2D eigenvalue weighted by Gasteiger charge is 2.18. The molecule has 2 aromatic rings. The van der Waals surface area contributed by atoms with Gasteiger partial charge in [-0.15, -0.1) is 0 Å². The molecule has 0 amide bonds. The van der Waals surface area contributed by atoms with Crippen molar-refractivity contribution in [2.45, 2.75) is 6.54 Å². The minimum Gasteiger partial charge on any atom is -0.454 e. The van der Waals surface area contributed by atoms with E-state index >= 15 is 0 Å². The topological polar surface area (TPSA) is 102 Å². The lowest BCUT2D eigenvalue weighted by Crippen LogP contribution is -2.18. The van der Waals surface area contributed by atoms with Crippen molar-refractivity contribution >= 4 is 11.5 Å². The Hall–Kier alpha value is -3.34. The number of pyridine rings is 1. The molecule has 0 bridgehead atoms. The van der Waals surface area contributed by atoms with Crippen molar-refractivity contribution in [3.63, 3.8) is 0 Å². The second-order valence-electron chi connectivity index (χ2n) is 4.95. The van der Waals surface area contributed by atoms with E-state index in [1.165, 1.54) is 12.1 Å². The van der Waals surface area contributed by atoms with Crippen LogP contribution in [0, 0.1) is 21.4 Å². The molecule has 1 aromatic heterocycles. The Labute approximate surface area is 131 Å². The number of hydrogen-bond donors (Lipinski definition) is 0. The molecule has 2 heterocycles. The number of nitrogens with zero attached hydrogens (tertiary/aromatic N) is 4. The predicted molar refractivity (Wildman–Crippen MR) is 80.3 cm³/mol. The normalized spacial score (nSPS) is 11.8. The summed E-state index contributed by atoms with van der Waals surface area (Å²) in [6.45, 7) is 0.719. The standard InChI is InChI=1S/C15H12N4O4/c1-18(8-10-2-4-13-14(6-10)23-9-22-13)15-5-3-12(19(20)21)11(7-16)17-15/h2-6H,8-9H2,1H3. The molecular weight excluding hydrogens is 300 g/mol. The Bertz CT molecular complexity index is 816. The molecule has 0 aliphatic carbocycles. The fraction of sp³-hybridized carbons (Fsp3) is 0.200. The molecular formula is C15H12N4O4. The molecule has 0 saturated carbocycles. The van der Waals surface area contributed by atoms with Gasteiger partial charge in [-0.3, -0.25) is 10.1 Å². The van der Waals surface area contributed by atoms with Gasteiger partial charge in [0.25, 0.3) is 0 Å². The van der Waals surface area contributed by atoms with Crippen LogP contribution in [0.3, 0.4) is 0 Å². The average Bonchev–Trinajstić information content (AvgIpc) is 3.01. The Kier molecular flexibility index (Phi) is 3.68. The van der Waals surface area contributed by atoms with E-state index in [1.54, 1.807) is 18.0 Å². The van der Waals surface area contributed by atoms with Gasteiger partial charge >= 0.3 is 5.69 Å². The first kappa shape index (κ1) is 14.6. The van der Waals surface area contributed by atoms with E-state index in [9.17, 15) is 10.1 Å². The van der Waals surface area contributed by atoms with Crippen LogP contribution in [0.1, 0.15) is 11.3 Å². The number of ether oxygens (including phenoxy) is 2. The molecule has 0 saturated heterocycles. The molecule has 8 nitrogen and oxygen atoms in total. The van der Waals surface area contributed by atoms with Gasteiger partial charge in [0.15, 0.2) is 11.5 Å². The van der Waals surface area contributed by atoms with Crippen molar-refractivity contribution in [1.82, 2.24) is 4.98 Å². The molecule has 116 valence electrons. The van der Waals surface area contributed by atoms with Crippen molar-refractivity contribution in [3.8, 4) is 17.6 Å². The molecule has 3 rings (SSSR count). The van der Waals surface area contributed by atoms with Crippen LogP contribution in [0.5, 0.6) is 11.5 Å². The average molecular weight is 312 g/mol. The summed E-state index contributed by atoms with van der Waals surface area (Å²) in [4.78, 5) is 16.1. The Balaban J connectivity index is 1.82. The Morgan fingerprint density at radius 2 is 2.13 bits per heavy atom. The maximum Gasteiger partial charge on any atom is 0.305 e. The van der Waals surface area contributed by atoms with Gasteiger partial charge in [-0.2, -0.15) is 5.26 Å². The number of anilines is 1. The van der Waals surface area contributed by atoms with Crippen LogP contribution in [0.15, 0.2) is 30.3 Å². The van der Waals surface area contributed by atoms with E-state index in [-0.39, 0.29) is 18.2 Å². The summed E-state index contributed by atoms with van der Waals surface area (Å²) in [6.07, 6.45) is 0. The molecule has 0 unspecified atom stereocenters. The van der Waals surface area contributed by atoms with Gasteiger partial charge in [-0.25, -0.2) is 4.98 Å². The summed E-state index contributed by atoms with van der Waals surface area (Å²) in [7, 11) is 1.79. The Morgan fingerprint density at radius 1 is 1.35 bits per heavy atom. The predicted octanol–water partition coefficient (Wildman–Crippen LogP) is 2.23. The number of hydrogen-bond acceptors (Lipinski definition) is 7. The monoisotopic (exact) mass is 312 g/mol. The van der Waals surface area contributed by atoms with Crippen molar-refractivity contribution in [2.75, 3.05) is 18.7 Å². The van der Waals surface area contributed by atoms with Crippen LogP contribution < -0.4 is 14.4 Å². The lowest BCUT2D eigenvalue weighted by atomic mass is 10.2. The summed E-state index contributed by atoms with van der Waals surface area (Å²) in [5, 5.41) is 19.8. The van der Waals surface area contributed by atoms with Crippen molar-refractivity contribution in [3.05, 3.63) is 51.7 Å². The largest absolute Gasteiger partial charge is 0.454 e. The van der Waals surface area contributed by atoms with E-state index in [0.717, 1.165) is 5.56 Å². The van der Waals surface area contributed by atoms with E-state index in [0.29, 0.717) is 23.9 Å². The van der Waals surface area contributed by atoms with Gasteiger partial charge in [0, 0.05) is 19.7 Å². The number of nitriles is 1. The molecule has 0 N–H and O–H groups in total. The summed E-state index contributed by atoms with van der Waals surface area (Å²) in [6, 6.07) is 10.2. The lowest BCUT2D eigenvalue weighted by Gasteiger charge is -2.18. The van der Waals surface area contributed by atoms with Crippen LogP contribution >= 0.6 is 0 Å². The van der Waals surface area contributed by atoms with Gasteiger partial charge in [-0.1, -0.05) is 6.07 Å². The van der Waals surface area contributed by atoms with Crippen molar-refractivity contribution in [1.29, 1.82) is 5.26 Å². The zero-order valence-corrected chi connectivity index (χ0v) is 12.2. The molecule has 0 atom stereocenters. The minimum atomic E-state index is -0.618. The highest BCUT2D eigenvalue weighted by molar-refractivity contribution is 5.52. The summed E-state index contributed by atoms with van der Waals surface area (Å²) in [5.41, 5.74) is 0.466. The first-order valence-corrected chi connectivity index (χ1v) is 6.73. The SMILES string of the molecule is CN(Cc1ccc2c(c1)OCO2)c1ccc([N+](=O)[O-])c(C#N)n1. The summed E-state index contributed by atoms with van der Waals surface area (Å²) >= 11 is 0. The molecule has 1 aliphatic rings. The maximum absolute atomic E-state index is 10.8. The minimum absolute atomic E-state index is 0.204. The van der Waals surface area contributed by atoms with E-state index in [4.69, 9.17) is 14.7 Å². The molecule has 0 spiro atoms. The van der Waals surface area contributed by atoms with Gasteiger partial charge in [-0.05, 0) is 23.8 Å². The van der Waals surface area contributed by atoms with Crippen LogP contribution in [-0.4, -0.2) is 23.7 Å². The third kappa shape index (κ3) is 2.85. The maximum atomic E-state index is 10.8. The number of benzene rings is 1. The number of aromatic nitrogens is 1. The second kappa shape index (κ2) is 5.81. The number of nitro groups is 1. The van der Waals surface area contributed by atoms with Crippen LogP contribution in [0.4, 0.5) is 11.5 Å². The fourth-order valence-corrected chi connectivity index (χ4v) is 2.28. The summed E-state index contributed by atoms with van der Waals surface area (Å²) < 4.78 is 10.6. The van der Waals surface area contributed by atoms with Gasteiger partial charge < -0.3 is 14.4 Å². The molecule has 0 fully saturated rings. The highest BCUT2D eigenvalue weighted by Crippen LogP contribution is 2.33. The van der Waals surface area contributed by atoms with Gasteiger partial charge in [0.1, 0.15) is 11.9 Å². The third-order valence-electron chi connectivity index (χ3n) is 3.41. The van der Waals surface area contributed by atoms with E-state index in [2.05, 4.69) is 4.98 Å². The van der Waals surface area contributed by atoms with Crippen LogP contribution in [0.25, 0.3) is 0 Å². The quantitative estimate of drug-likeness (QED) is 0.630. The first-order valence-electron chi connectivity index (χ1n) is 6.73. The van der Waals surface area contributed by atoms with Crippen molar-refractivity contribution in [2.24, 2.45) is 0 Å². The van der Waals surface area contributed by atoms with Crippen molar-refractivity contribution < 1.29 is 14.4 Å².